The fourth-order valence-corrected chi connectivity index (χ4v) is 2.76. The Kier molecular flexibility index (Phi) is 5.08. The standard InChI is InChI=1S/C18H22N4O2/c1-13-8-14(11-19)10-16(9-13)21-18(23)15-2-3-17(20-12-15)22-4-6-24-7-5-22/h2-3,8-10,12H,4-7,11,19H2,1H3,(H,21,23). The van der Waals surface area contributed by atoms with E-state index >= 15 is 0 Å². The van der Waals surface area contributed by atoms with E-state index in [1.165, 1.54) is 0 Å². The second-order valence-electron chi connectivity index (χ2n) is 5.87. The van der Waals surface area contributed by atoms with Gasteiger partial charge in [-0.1, -0.05) is 6.07 Å². The van der Waals surface area contributed by atoms with Crippen LogP contribution in [0.25, 0.3) is 0 Å². The zero-order valence-corrected chi connectivity index (χ0v) is 13.8. The second kappa shape index (κ2) is 7.42. The van der Waals surface area contributed by atoms with Crippen molar-refractivity contribution in [2.24, 2.45) is 5.73 Å². The maximum absolute atomic E-state index is 12.4. The van der Waals surface area contributed by atoms with Crippen LogP contribution in [0.3, 0.4) is 0 Å². The summed E-state index contributed by atoms with van der Waals surface area (Å²) < 4.78 is 5.34. The average Bonchev–Trinajstić information content (AvgIpc) is 2.62. The van der Waals surface area contributed by atoms with E-state index in [0.29, 0.717) is 25.3 Å². The number of carbonyl (C=O) groups is 1. The first kappa shape index (κ1) is 16.4. The molecule has 6 nitrogen and oxygen atoms in total. The Labute approximate surface area is 141 Å². The molecule has 0 atom stereocenters. The monoisotopic (exact) mass is 326 g/mol. The average molecular weight is 326 g/mol. The number of aryl methyl sites for hydroxylation is 1. The maximum Gasteiger partial charge on any atom is 0.257 e. The van der Waals surface area contributed by atoms with E-state index in [4.69, 9.17) is 10.5 Å². The van der Waals surface area contributed by atoms with E-state index in [9.17, 15) is 4.79 Å². The Morgan fingerprint density at radius 2 is 2.08 bits per heavy atom. The molecule has 2 aromatic rings. The third-order valence-corrected chi connectivity index (χ3v) is 3.98. The molecular weight excluding hydrogens is 304 g/mol. The van der Waals surface area contributed by atoms with Crippen LogP contribution in [0.1, 0.15) is 21.5 Å². The number of pyridine rings is 1. The molecule has 0 bridgehead atoms. The van der Waals surface area contributed by atoms with Crippen LogP contribution >= 0.6 is 0 Å². The molecule has 0 spiro atoms. The van der Waals surface area contributed by atoms with Crippen LogP contribution in [0.4, 0.5) is 11.5 Å². The zero-order chi connectivity index (χ0) is 16.9. The molecule has 0 saturated carbocycles. The molecule has 0 aliphatic carbocycles. The predicted octanol–water partition coefficient (Wildman–Crippen LogP) is 1.94. The number of nitrogens with one attached hydrogen (secondary N) is 1. The van der Waals surface area contributed by atoms with Crippen LogP contribution in [0.5, 0.6) is 0 Å². The Hall–Kier alpha value is -2.44. The number of hydrogen-bond acceptors (Lipinski definition) is 5. The van der Waals surface area contributed by atoms with Gasteiger partial charge in [0.25, 0.3) is 5.91 Å². The van der Waals surface area contributed by atoms with Crippen molar-refractivity contribution in [3.8, 4) is 0 Å². The molecule has 126 valence electrons. The summed E-state index contributed by atoms with van der Waals surface area (Å²) in [5.74, 6) is 0.695. The Bertz CT molecular complexity index is 709. The smallest absolute Gasteiger partial charge is 0.257 e. The van der Waals surface area contributed by atoms with Crippen LogP contribution in [0.2, 0.25) is 0 Å². The third-order valence-electron chi connectivity index (χ3n) is 3.98. The lowest BCUT2D eigenvalue weighted by molar-refractivity contribution is 0.102. The quantitative estimate of drug-likeness (QED) is 0.897. The van der Waals surface area contributed by atoms with Gasteiger partial charge in [0.05, 0.1) is 18.8 Å². The van der Waals surface area contributed by atoms with Crippen LogP contribution in [-0.2, 0) is 11.3 Å². The van der Waals surface area contributed by atoms with Gasteiger partial charge in [-0.05, 0) is 42.3 Å². The number of aromatic nitrogens is 1. The number of anilines is 2. The number of benzene rings is 1. The lowest BCUT2D eigenvalue weighted by Gasteiger charge is -2.27. The SMILES string of the molecule is Cc1cc(CN)cc(NC(=O)c2ccc(N3CCOCC3)nc2)c1. The first-order valence-corrected chi connectivity index (χ1v) is 8.06. The minimum atomic E-state index is -0.176. The number of hydrogen-bond donors (Lipinski definition) is 2. The van der Waals surface area contributed by atoms with Gasteiger partial charge in [0.15, 0.2) is 0 Å². The molecule has 1 amide bonds. The number of nitrogens with zero attached hydrogens (tertiary/aromatic N) is 2. The van der Waals surface area contributed by atoms with Crippen LogP contribution in [-0.4, -0.2) is 37.2 Å². The summed E-state index contributed by atoms with van der Waals surface area (Å²) >= 11 is 0. The lowest BCUT2D eigenvalue weighted by Crippen LogP contribution is -2.36. The Morgan fingerprint density at radius 1 is 1.29 bits per heavy atom. The van der Waals surface area contributed by atoms with Crippen LogP contribution in [0.15, 0.2) is 36.5 Å². The summed E-state index contributed by atoms with van der Waals surface area (Å²) in [5, 5.41) is 2.90. The third kappa shape index (κ3) is 3.90. The molecule has 1 aromatic carbocycles. The van der Waals surface area contributed by atoms with Gasteiger partial charge in [0.2, 0.25) is 0 Å². The zero-order valence-electron chi connectivity index (χ0n) is 13.8. The maximum atomic E-state index is 12.4. The van der Waals surface area contributed by atoms with Gasteiger partial charge in [0.1, 0.15) is 5.82 Å². The van der Waals surface area contributed by atoms with Crippen molar-refractivity contribution in [3.63, 3.8) is 0 Å². The summed E-state index contributed by atoms with van der Waals surface area (Å²) in [6.45, 7) is 5.49. The molecular formula is C18H22N4O2. The number of carbonyl (C=O) groups excluding carboxylic acids is 1. The highest BCUT2D eigenvalue weighted by Gasteiger charge is 2.13. The van der Waals surface area contributed by atoms with Crippen molar-refractivity contribution in [2.45, 2.75) is 13.5 Å². The number of nitrogens with two attached hydrogens (primary N) is 1. The highest BCUT2D eigenvalue weighted by Crippen LogP contribution is 2.17. The molecule has 2 heterocycles. The highest BCUT2D eigenvalue weighted by molar-refractivity contribution is 6.04. The summed E-state index contributed by atoms with van der Waals surface area (Å²) in [6, 6.07) is 9.50. The molecule has 6 heteroatoms. The summed E-state index contributed by atoms with van der Waals surface area (Å²) in [5.41, 5.74) is 9.01. The van der Waals surface area contributed by atoms with Crippen molar-refractivity contribution >= 4 is 17.4 Å². The first-order chi connectivity index (χ1) is 11.7. The van der Waals surface area contributed by atoms with E-state index in [1.807, 2.05) is 31.2 Å². The molecule has 0 radical (unpaired) electrons. The number of rotatable bonds is 4. The fraction of sp³-hybridized carbons (Fsp3) is 0.333. The van der Waals surface area contributed by atoms with Gasteiger partial charge in [-0.15, -0.1) is 0 Å². The van der Waals surface area contributed by atoms with Crippen molar-refractivity contribution in [2.75, 3.05) is 36.5 Å². The first-order valence-electron chi connectivity index (χ1n) is 8.06. The van der Waals surface area contributed by atoms with Gasteiger partial charge in [0, 0.05) is 31.5 Å². The molecule has 3 N–H and O–H groups in total. The number of amides is 1. The topological polar surface area (TPSA) is 80.5 Å². The van der Waals surface area contributed by atoms with Crippen molar-refractivity contribution in [3.05, 3.63) is 53.2 Å². The van der Waals surface area contributed by atoms with E-state index in [1.54, 1.807) is 12.3 Å². The number of morpholine rings is 1. The minimum Gasteiger partial charge on any atom is -0.378 e. The Balaban J connectivity index is 1.70. The van der Waals surface area contributed by atoms with E-state index in [2.05, 4.69) is 15.2 Å². The number of ether oxygens (including phenoxy) is 1. The van der Waals surface area contributed by atoms with Gasteiger partial charge >= 0.3 is 0 Å². The van der Waals surface area contributed by atoms with Gasteiger partial charge < -0.3 is 20.7 Å². The second-order valence-corrected chi connectivity index (χ2v) is 5.87. The van der Waals surface area contributed by atoms with Crippen LogP contribution < -0.4 is 16.0 Å². The summed E-state index contributed by atoms with van der Waals surface area (Å²) in [6.07, 6.45) is 1.61. The van der Waals surface area contributed by atoms with E-state index < -0.39 is 0 Å². The molecule has 1 aliphatic rings. The van der Waals surface area contributed by atoms with E-state index in [-0.39, 0.29) is 5.91 Å². The molecule has 1 aliphatic heterocycles. The van der Waals surface area contributed by atoms with Gasteiger partial charge in [-0.3, -0.25) is 4.79 Å². The van der Waals surface area contributed by atoms with Crippen molar-refractivity contribution in [1.29, 1.82) is 0 Å². The lowest BCUT2D eigenvalue weighted by atomic mass is 10.1. The summed E-state index contributed by atoms with van der Waals surface area (Å²) in [4.78, 5) is 19.0. The molecule has 1 fully saturated rings. The van der Waals surface area contributed by atoms with Crippen molar-refractivity contribution < 1.29 is 9.53 Å². The largest absolute Gasteiger partial charge is 0.378 e. The molecule has 1 saturated heterocycles. The molecule has 0 unspecified atom stereocenters. The Morgan fingerprint density at radius 3 is 2.75 bits per heavy atom. The fourth-order valence-electron chi connectivity index (χ4n) is 2.76. The predicted molar refractivity (Wildman–Crippen MR) is 94.3 cm³/mol. The van der Waals surface area contributed by atoms with Crippen LogP contribution in [0, 0.1) is 6.92 Å². The molecule has 3 rings (SSSR count). The normalized spacial score (nSPS) is 14.5. The van der Waals surface area contributed by atoms with E-state index in [0.717, 1.165) is 35.7 Å². The minimum absolute atomic E-state index is 0.176. The molecule has 24 heavy (non-hydrogen) atoms. The highest BCUT2D eigenvalue weighted by atomic mass is 16.5. The molecule has 1 aromatic heterocycles. The summed E-state index contributed by atoms with van der Waals surface area (Å²) in [7, 11) is 0. The van der Waals surface area contributed by atoms with Gasteiger partial charge in [-0.25, -0.2) is 4.98 Å². The van der Waals surface area contributed by atoms with Crippen molar-refractivity contribution in [1.82, 2.24) is 4.98 Å². The van der Waals surface area contributed by atoms with Gasteiger partial charge in [-0.2, -0.15) is 0 Å².